The molecule has 0 fully saturated rings. The Hall–Kier alpha value is -1.92. The third-order valence-electron chi connectivity index (χ3n) is 4.25. The Labute approximate surface area is 156 Å². The molecule has 1 N–H and O–H groups in total. The van der Waals surface area contributed by atoms with Crippen LogP contribution in [0.4, 0.5) is 0 Å². The molecule has 130 valence electrons. The van der Waals surface area contributed by atoms with E-state index >= 15 is 0 Å². The number of amides is 1. The van der Waals surface area contributed by atoms with Crippen LogP contribution >= 0.6 is 23.1 Å². The first kappa shape index (κ1) is 17.9. The van der Waals surface area contributed by atoms with Crippen LogP contribution in [-0.2, 0) is 4.79 Å². The minimum Gasteiger partial charge on any atom is -0.349 e. The number of benzene rings is 1. The highest BCUT2D eigenvalue weighted by atomic mass is 32.2. The Balaban J connectivity index is 1.74. The highest BCUT2D eigenvalue weighted by molar-refractivity contribution is 8.00. The van der Waals surface area contributed by atoms with Crippen molar-refractivity contribution in [1.29, 1.82) is 0 Å². The van der Waals surface area contributed by atoms with Crippen molar-refractivity contribution < 1.29 is 4.79 Å². The van der Waals surface area contributed by atoms with Gasteiger partial charge in [-0.1, -0.05) is 42.1 Å². The highest BCUT2D eigenvalue weighted by Gasteiger charge is 2.20. The van der Waals surface area contributed by atoms with Crippen molar-refractivity contribution in [3.8, 4) is 0 Å². The number of hydrogen-bond acceptors (Lipinski definition) is 5. The topological polar surface area (TPSA) is 54.9 Å². The number of thioether (sulfide) groups is 1. The Bertz CT molecular complexity index is 892. The molecule has 2 heterocycles. The molecule has 0 saturated heterocycles. The molecule has 4 nitrogen and oxygen atoms in total. The number of aromatic nitrogens is 2. The summed E-state index contributed by atoms with van der Waals surface area (Å²) in [6.07, 6.45) is 1.58. The molecule has 0 spiro atoms. The summed E-state index contributed by atoms with van der Waals surface area (Å²) >= 11 is 3.16. The van der Waals surface area contributed by atoms with Crippen LogP contribution in [0.15, 0.2) is 41.7 Å². The SMILES string of the molecule is Cc1sc2ncnc(SC(C)C(=O)NC(C)c3ccccc3)c2c1C. The zero-order valence-electron chi connectivity index (χ0n) is 14.7. The molecular weight excluding hydrogens is 350 g/mol. The molecule has 25 heavy (non-hydrogen) atoms. The molecule has 1 amide bonds. The fourth-order valence-electron chi connectivity index (χ4n) is 2.62. The maximum absolute atomic E-state index is 12.6. The number of nitrogens with one attached hydrogen (secondary N) is 1. The molecule has 2 aromatic heterocycles. The van der Waals surface area contributed by atoms with Gasteiger partial charge in [0, 0.05) is 10.3 Å². The molecule has 3 rings (SSSR count). The fraction of sp³-hybridized carbons (Fsp3) is 0.316. The van der Waals surface area contributed by atoms with Gasteiger partial charge in [0.1, 0.15) is 16.2 Å². The first-order valence-corrected chi connectivity index (χ1v) is 9.89. The van der Waals surface area contributed by atoms with Crippen LogP contribution < -0.4 is 5.32 Å². The zero-order chi connectivity index (χ0) is 18.0. The van der Waals surface area contributed by atoms with Gasteiger partial charge in [-0.15, -0.1) is 11.3 Å². The van der Waals surface area contributed by atoms with E-state index in [0.29, 0.717) is 0 Å². The van der Waals surface area contributed by atoms with Crippen molar-refractivity contribution in [3.05, 3.63) is 52.7 Å². The van der Waals surface area contributed by atoms with Gasteiger partial charge in [-0.25, -0.2) is 9.97 Å². The zero-order valence-corrected chi connectivity index (χ0v) is 16.4. The summed E-state index contributed by atoms with van der Waals surface area (Å²) in [6, 6.07) is 9.96. The minimum atomic E-state index is -0.233. The predicted molar refractivity (Wildman–Crippen MR) is 105 cm³/mol. The molecule has 1 aromatic carbocycles. The van der Waals surface area contributed by atoms with E-state index in [9.17, 15) is 4.79 Å². The van der Waals surface area contributed by atoms with Gasteiger partial charge in [0.25, 0.3) is 0 Å². The summed E-state index contributed by atoms with van der Waals surface area (Å²) in [6.45, 7) is 8.09. The first-order valence-electron chi connectivity index (χ1n) is 8.20. The smallest absolute Gasteiger partial charge is 0.233 e. The van der Waals surface area contributed by atoms with Gasteiger partial charge in [-0.3, -0.25) is 4.79 Å². The number of fused-ring (bicyclic) bond motifs is 1. The molecule has 0 radical (unpaired) electrons. The third kappa shape index (κ3) is 3.85. The molecule has 2 unspecified atom stereocenters. The largest absolute Gasteiger partial charge is 0.349 e. The van der Waals surface area contributed by atoms with E-state index in [1.54, 1.807) is 17.7 Å². The second-order valence-corrected chi connectivity index (χ2v) is 8.58. The number of thiophene rings is 1. The number of carbonyl (C=O) groups is 1. The Kier molecular flexibility index (Phi) is 5.39. The molecule has 6 heteroatoms. The molecule has 0 aliphatic rings. The normalized spacial score (nSPS) is 13.6. The summed E-state index contributed by atoms with van der Waals surface area (Å²) in [7, 11) is 0. The average molecular weight is 372 g/mol. The number of hydrogen-bond donors (Lipinski definition) is 1. The molecule has 0 aliphatic carbocycles. The number of carbonyl (C=O) groups excluding carboxylic acids is 1. The Morgan fingerprint density at radius 3 is 2.60 bits per heavy atom. The molecule has 0 bridgehead atoms. The van der Waals surface area contributed by atoms with Gasteiger partial charge in [0.05, 0.1) is 11.3 Å². The third-order valence-corrected chi connectivity index (χ3v) is 6.46. The van der Waals surface area contributed by atoms with Crippen molar-refractivity contribution in [2.24, 2.45) is 0 Å². The number of nitrogens with zero attached hydrogens (tertiary/aromatic N) is 2. The fourth-order valence-corrected chi connectivity index (χ4v) is 4.66. The van der Waals surface area contributed by atoms with Crippen LogP contribution in [0.2, 0.25) is 0 Å². The van der Waals surface area contributed by atoms with Crippen molar-refractivity contribution in [1.82, 2.24) is 15.3 Å². The Morgan fingerprint density at radius 2 is 1.88 bits per heavy atom. The number of rotatable bonds is 5. The molecule has 2 atom stereocenters. The van der Waals surface area contributed by atoms with Crippen molar-refractivity contribution in [2.45, 2.75) is 44.0 Å². The molecular formula is C19H21N3OS2. The van der Waals surface area contributed by atoms with E-state index in [-0.39, 0.29) is 17.2 Å². The summed E-state index contributed by atoms with van der Waals surface area (Å²) < 4.78 is 0. The molecule has 0 aliphatic heterocycles. The first-order chi connectivity index (χ1) is 12.0. The summed E-state index contributed by atoms with van der Waals surface area (Å²) in [5.74, 6) is 0.0118. The van der Waals surface area contributed by atoms with Gasteiger partial charge in [0.2, 0.25) is 5.91 Å². The van der Waals surface area contributed by atoms with Gasteiger partial charge >= 0.3 is 0 Å². The summed E-state index contributed by atoms with van der Waals surface area (Å²) in [4.78, 5) is 23.6. The molecule has 3 aromatic rings. The van der Waals surface area contributed by atoms with Crippen LogP contribution in [0.25, 0.3) is 10.2 Å². The quantitative estimate of drug-likeness (QED) is 0.523. The monoisotopic (exact) mass is 371 g/mol. The van der Waals surface area contributed by atoms with E-state index in [4.69, 9.17) is 0 Å². The van der Waals surface area contributed by atoms with Gasteiger partial charge in [-0.05, 0) is 38.8 Å². The highest BCUT2D eigenvalue weighted by Crippen LogP contribution is 2.36. The van der Waals surface area contributed by atoms with E-state index in [2.05, 4.69) is 29.1 Å². The standard InChI is InChI=1S/C19H21N3OS2/c1-11-13(3)24-18-16(11)19(21-10-20-18)25-14(4)17(23)22-12(2)15-8-6-5-7-9-15/h5-10,12,14H,1-4H3,(H,22,23). The lowest BCUT2D eigenvalue weighted by Gasteiger charge is -2.17. The minimum absolute atomic E-state index is 0.0118. The van der Waals surface area contributed by atoms with Gasteiger partial charge in [-0.2, -0.15) is 0 Å². The lowest BCUT2D eigenvalue weighted by Crippen LogP contribution is -2.33. The van der Waals surface area contributed by atoms with Crippen LogP contribution in [0.5, 0.6) is 0 Å². The van der Waals surface area contributed by atoms with Crippen LogP contribution in [0.3, 0.4) is 0 Å². The lowest BCUT2D eigenvalue weighted by atomic mass is 10.1. The lowest BCUT2D eigenvalue weighted by molar-refractivity contribution is -0.120. The maximum atomic E-state index is 12.6. The van der Waals surface area contributed by atoms with E-state index < -0.39 is 0 Å². The van der Waals surface area contributed by atoms with E-state index in [1.165, 1.54) is 22.2 Å². The Morgan fingerprint density at radius 1 is 1.16 bits per heavy atom. The van der Waals surface area contributed by atoms with E-state index in [0.717, 1.165) is 20.8 Å². The van der Waals surface area contributed by atoms with Crippen LogP contribution in [0.1, 0.15) is 35.9 Å². The maximum Gasteiger partial charge on any atom is 0.233 e. The number of aryl methyl sites for hydroxylation is 2. The average Bonchev–Trinajstić information content (AvgIpc) is 2.90. The van der Waals surface area contributed by atoms with Gasteiger partial charge in [0.15, 0.2) is 0 Å². The van der Waals surface area contributed by atoms with Crippen molar-refractivity contribution >= 4 is 39.2 Å². The van der Waals surface area contributed by atoms with Crippen LogP contribution in [-0.4, -0.2) is 21.1 Å². The predicted octanol–water partition coefficient (Wildman–Crippen LogP) is 4.67. The van der Waals surface area contributed by atoms with Crippen molar-refractivity contribution in [2.75, 3.05) is 0 Å². The summed E-state index contributed by atoms with van der Waals surface area (Å²) in [5.41, 5.74) is 2.30. The molecule has 0 saturated carbocycles. The van der Waals surface area contributed by atoms with E-state index in [1.807, 2.05) is 44.2 Å². The van der Waals surface area contributed by atoms with Gasteiger partial charge < -0.3 is 5.32 Å². The summed E-state index contributed by atoms with van der Waals surface area (Å²) in [5, 5.41) is 4.80. The van der Waals surface area contributed by atoms with Crippen LogP contribution in [0, 0.1) is 13.8 Å². The second kappa shape index (κ2) is 7.54. The van der Waals surface area contributed by atoms with Crippen molar-refractivity contribution in [3.63, 3.8) is 0 Å². The second-order valence-electron chi connectivity index (χ2n) is 6.04.